The Morgan fingerprint density at radius 2 is 2.27 bits per heavy atom. The number of anilines is 1. The number of carbonyl (C=O) groups is 1. The third-order valence-corrected chi connectivity index (χ3v) is 4.90. The van der Waals surface area contributed by atoms with E-state index in [4.69, 9.17) is 22.1 Å². The Morgan fingerprint density at radius 3 is 2.95 bits per heavy atom. The molecule has 1 unspecified atom stereocenters. The maximum Gasteiger partial charge on any atom is 0.306 e. The molecule has 0 aliphatic rings. The van der Waals surface area contributed by atoms with Crippen LogP contribution in [0.3, 0.4) is 0 Å². The molecule has 124 valence electrons. The molecule has 6 heteroatoms. The topological polar surface area (TPSA) is 65.2 Å². The molecule has 0 bridgehead atoms. The van der Waals surface area contributed by atoms with E-state index in [1.807, 2.05) is 0 Å². The molecule has 22 heavy (non-hydrogen) atoms. The highest BCUT2D eigenvalue weighted by molar-refractivity contribution is 7.99. The van der Waals surface area contributed by atoms with Gasteiger partial charge in [-0.3, -0.25) is 4.79 Å². The second-order valence-corrected chi connectivity index (χ2v) is 6.78. The van der Waals surface area contributed by atoms with Crippen LogP contribution in [0.2, 0.25) is 5.02 Å². The van der Waals surface area contributed by atoms with E-state index in [9.17, 15) is 4.79 Å². The summed E-state index contributed by atoms with van der Waals surface area (Å²) in [6.45, 7) is 4.84. The Bertz CT molecular complexity index is 471. The number of rotatable bonds is 10. The maximum atomic E-state index is 11.8. The van der Waals surface area contributed by atoms with Gasteiger partial charge in [-0.25, -0.2) is 4.98 Å². The van der Waals surface area contributed by atoms with Crippen LogP contribution in [0.25, 0.3) is 0 Å². The van der Waals surface area contributed by atoms with Crippen molar-refractivity contribution in [2.75, 3.05) is 18.1 Å². The van der Waals surface area contributed by atoms with E-state index in [1.54, 1.807) is 6.07 Å². The Kier molecular flexibility index (Phi) is 9.32. The lowest BCUT2D eigenvalue weighted by atomic mass is 10.0. The molecule has 1 heterocycles. The lowest BCUT2D eigenvalue weighted by molar-refractivity contribution is -0.144. The summed E-state index contributed by atoms with van der Waals surface area (Å²) in [6.07, 6.45) is 6.43. The first kappa shape index (κ1) is 19.1. The van der Waals surface area contributed by atoms with E-state index in [0.717, 1.165) is 17.7 Å². The molecule has 1 aromatic heterocycles. The lowest BCUT2D eigenvalue weighted by Gasteiger charge is -2.14. The zero-order chi connectivity index (χ0) is 16.4. The van der Waals surface area contributed by atoms with Crippen molar-refractivity contribution in [3.63, 3.8) is 0 Å². The summed E-state index contributed by atoms with van der Waals surface area (Å²) in [6, 6.07) is 1.72. The van der Waals surface area contributed by atoms with Gasteiger partial charge in [0, 0.05) is 16.8 Å². The van der Waals surface area contributed by atoms with E-state index in [0.29, 0.717) is 35.5 Å². The van der Waals surface area contributed by atoms with E-state index < -0.39 is 0 Å². The average Bonchev–Trinajstić information content (AvgIpc) is 2.51. The molecule has 1 aromatic rings. The van der Waals surface area contributed by atoms with Crippen molar-refractivity contribution in [2.24, 2.45) is 5.92 Å². The van der Waals surface area contributed by atoms with Gasteiger partial charge in [0.25, 0.3) is 0 Å². The van der Waals surface area contributed by atoms with E-state index >= 15 is 0 Å². The van der Waals surface area contributed by atoms with Crippen LogP contribution in [0, 0.1) is 5.92 Å². The summed E-state index contributed by atoms with van der Waals surface area (Å²) >= 11 is 7.52. The molecule has 0 aliphatic carbocycles. The Morgan fingerprint density at radius 1 is 1.50 bits per heavy atom. The molecular formula is C16H25ClN2O2S. The number of nitrogens with two attached hydrogens (primary N) is 1. The van der Waals surface area contributed by atoms with Crippen LogP contribution in [0.1, 0.15) is 46.0 Å². The smallest absolute Gasteiger partial charge is 0.306 e. The molecule has 4 nitrogen and oxygen atoms in total. The number of pyridine rings is 1. The molecule has 0 saturated carbocycles. The quantitative estimate of drug-likeness (QED) is 0.498. The molecule has 0 aliphatic heterocycles. The van der Waals surface area contributed by atoms with Crippen molar-refractivity contribution < 1.29 is 9.53 Å². The largest absolute Gasteiger partial charge is 0.465 e. The number of nitrogen functional groups attached to an aromatic ring is 1. The summed E-state index contributed by atoms with van der Waals surface area (Å²) < 4.78 is 5.36. The fourth-order valence-electron chi connectivity index (χ4n) is 1.97. The summed E-state index contributed by atoms with van der Waals surface area (Å²) in [5, 5.41) is 0.554. The minimum Gasteiger partial charge on any atom is -0.465 e. The molecule has 0 radical (unpaired) electrons. The average molecular weight is 345 g/mol. The predicted molar refractivity (Wildman–Crippen MR) is 93.3 cm³/mol. The fraction of sp³-hybridized carbons (Fsp3) is 0.625. The minimum absolute atomic E-state index is 0.152. The SMILES string of the molecule is CCCCC(CC)COC(=O)CCSc1cc(N)ncc1Cl. The Hall–Kier alpha value is -0.940. The summed E-state index contributed by atoms with van der Waals surface area (Å²) in [4.78, 5) is 16.5. The van der Waals surface area contributed by atoms with Gasteiger partial charge in [-0.2, -0.15) is 0 Å². The van der Waals surface area contributed by atoms with Crippen LogP contribution in [0.15, 0.2) is 17.2 Å². The third kappa shape index (κ3) is 7.36. The Labute approximate surface area is 142 Å². The van der Waals surface area contributed by atoms with Gasteiger partial charge in [0.2, 0.25) is 0 Å². The molecule has 1 rings (SSSR count). The fourth-order valence-corrected chi connectivity index (χ4v) is 3.12. The molecule has 0 saturated heterocycles. The van der Waals surface area contributed by atoms with Crippen molar-refractivity contribution in [3.8, 4) is 0 Å². The van der Waals surface area contributed by atoms with Gasteiger partial charge < -0.3 is 10.5 Å². The van der Waals surface area contributed by atoms with Crippen LogP contribution >= 0.6 is 23.4 Å². The van der Waals surface area contributed by atoms with Crippen LogP contribution in [0.4, 0.5) is 5.82 Å². The van der Waals surface area contributed by atoms with E-state index in [1.165, 1.54) is 30.8 Å². The van der Waals surface area contributed by atoms with Gasteiger partial charge in [0.1, 0.15) is 5.82 Å². The van der Waals surface area contributed by atoms with Crippen molar-refractivity contribution in [1.29, 1.82) is 0 Å². The number of carbonyl (C=O) groups excluding carboxylic acids is 1. The molecule has 0 amide bonds. The summed E-state index contributed by atoms with van der Waals surface area (Å²) in [7, 11) is 0. The van der Waals surface area contributed by atoms with Gasteiger partial charge >= 0.3 is 5.97 Å². The lowest BCUT2D eigenvalue weighted by Crippen LogP contribution is -2.14. The molecule has 1 atom stereocenters. The van der Waals surface area contributed by atoms with E-state index in [2.05, 4.69) is 18.8 Å². The van der Waals surface area contributed by atoms with Gasteiger partial charge in [0.15, 0.2) is 0 Å². The van der Waals surface area contributed by atoms with Crippen molar-refractivity contribution in [2.45, 2.75) is 50.8 Å². The first-order chi connectivity index (χ1) is 10.6. The number of esters is 1. The number of unbranched alkanes of at least 4 members (excludes halogenated alkanes) is 1. The van der Waals surface area contributed by atoms with Crippen molar-refractivity contribution in [3.05, 3.63) is 17.3 Å². The predicted octanol–water partition coefficient (Wildman–Crippen LogP) is 4.56. The normalized spacial score (nSPS) is 12.1. The number of nitrogens with zero attached hydrogens (tertiary/aromatic N) is 1. The van der Waals surface area contributed by atoms with Gasteiger partial charge in [-0.05, 0) is 18.4 Å². The second kappa shape index (κ2) is 10.7. The molecule has 0 aromatic carbocycles. The Balaban J connectivity index is 2.26. The number of ether oxygens (including phenoxy) is 1. The first-order valence-corrected chi connectivity index (χ1v) is 9.12. The van der Waals surface area contributed by atoms with Crippen molar-refractivity contribution >= 4 is 35.1 Å². The number of halogens is 1. The minimum atomic E-state index is -0.152. The van der Waals surface area contributed by atoms with Crippen LogP contribution in [-0.4, -0.2) is 23.3 Å². The third-order valence-electron chi connectivity index (χ3n) is 3.43. The summed E-state index contributed by atoms with van der Waals surface area (Å²) in [5.74, 6) is 1.37. The second-order valence-electron chi connectivity index (χ2n) is 5.24. The van der Waals surface area contributed by atoms with Crippen LogP contribution in [-0.2, 0) is 9.53 Å². The highest BCUT2D eigenvalue weighted by atomic mass is 35.5. The van der Waals surface area contributed by atoms with E-state index in [-0.39, 0.29) is 5.97 Å². The van der Waals surface area contributed by atoms with Crippen LogP contribution < -0.4 is 5.73 Å². The maximum absolute atomic E-state index is 11.8. The number of thioether (sulfide) groups is 1. The highest BCUT2D eigenvalue weighted by Crippen LogP contribution is 2.28. The number of hydrogen-bond donors (Lipinski definition) is 1. The number of hydrogen-bond acceptors (Lipinski definition) is 5. The first-order valence-electron chi connectivity index (χ1n) is 7.76. The molecule has 0 spiro atoms. The summed E-state index contributed by atoms with van der Waals surface area (Å²) in [5.41, 5.74) is 5.62. The zero-order valence-corrected chi connectivity index (χ0v) is 14.9. The standard InChI is InChI=1S/C16H25ClN2O2S/c1-3-5-6-12(4-2)11-21-16(20)7-8-22-14-9-15(18)19-10-13(14)17/h9-10,12H,3-8,11H2,1-2H3,(H2,18,19). The van der Waals surface area contributed by atoms with Gasteiger partial charge in [-0.15, -0.1) is 11.8 Å². The molecule has 0 fully saturated rings. The molecular weight excluding hydrogens is 320 g/mol. The number of aromatic nitrogens is 1. The van der Waals surface area contributed by atoms with Gasteiger partial charge in [0.05, 0.1) is 18.1 Å². The van der Waals surface area contributed by atoms with Gasteiger partial charge in [-0.1, -0.05) is 44.7 Å². The zero-order valence-electron chi connectivity index (χ0n) is 13.3. The van der Waals surface area contributed by atoms with Crippen LogP contribution in [0.5, 0.6) is 0 Å². The highest BCUT2D eigenvalue weighted by Gasteiger charge is 2.11. The molecule has 2 N–H and O–H groups in total. The van der Waals surface area contributed by atoms with Crippen molar-refractivity contribution in [1.82, 2.24) is 4.98 Å². The monoisotopic (exact) mass is 344 g/mol.